The van der Waals surface area contributed by atoms with E-state index in [2.05, 4.69) is 16.4 Å². The maximum atomic E-state index is 13.2. The van der Waals surface area contributed by atoms with Crippen molar-refractivity contribution in [2.24, 2.45) is 0 Å². The van der Waals surface area contributed by atoms with E-state index in [1.165, 1.54) is 0 Å². The quantitative estimate of drug-likeness (QED) is 0.868. The lowest BCUT2D eigenvalue weighted by molar-refractivity contribution is 0.0754. The van der Waals surface area contributed by atoms with Crippen molar-refractivity contribution in [3.63, 3.8) is 0 Å². The number of imidazole rings is 1. The van der Waals surface area contributed by atoms with Crippen LogP contribution in [0.5, 0.6) is 0 Å². The van der Waals surface area contributed by atoms with Gasteiger partial charge in [-0.1, -0.05) is 12.8 Å². The van der Waals surface area contributed by atoms with E-state index >= 15 is 0 Å². The molecule has 29 heavy (non-hydrogen) atoms. The first kappa shape index (κ1) is 19.2. The van der Waals surface area contributed by atoms with E-state index in [0.717, 1.165) is 63.7 Å². The second kappa shape index (κ2) is 8.48. The lowest BCUT2D eigenvalue weighted by atomic mass is 10.1. The largest absolute Gasteiger partial charge is 0.337 e. The van der Waals surface area contributed by atoms with Crippen LogP contribution in [0.1, 0.15) is 70.9 Å². The number of aromatic nitrogens is 2. The molecule has 7 nitrogen and oxygen atoms in total. The van der Waals surface area contributed by atoms with Crippen molar-refractivity contribution in [1.82, 2.24) is 14.5 Å². The molecule has 7 heteroatoms. The topological polar surface area (TPSA) is 91.0 Å². The van der Waals surface area contributed by atoms with Crippen molar-refractivity contribution in [3.8, 4) is 6.07 Å². The molecule has 2 aliphatic rings. The Labute approximate surface area is 170 Å². The molecule has 150 valence electrons. The van der Waals surface area contributed by atoms with E-state index in [0.29, 0.717) is 29.3 Å². The third-order valence-electron chi connectivity index (χ3n) is 5.69. The van der Waals surface area contributed by atoms with Crippen molar-refractivity contribution >= 4 is 17.5 Å². The molecule has 0 aliphatic carbocycles. The van der Waals surface area contributed by atoms with Gasteiger partial charge < -0.3 is 14.8 Å². The molecular weight excluding hydrogens is 366 g/mol. The van der Waals surface area contributed by atoms with E-state index in [1.807, 2.05) is 9.47 Å². The number of anilines is 1. The van der Waals surface area contributed by atoms with Gasteiger partial charge in [-0.3, -0.25) is 9.59 Å². The molecule has 0 radical (unpaired) electrons. The molecule has 0 spiro atoms. The van der Waals surface area contributed by atoms with E-state index in [-0.39, 0.29) is 11.8 Å². The van der Waals surface area contributed by atoms with E-state index in [1.54, 1.807) is 24.3 Å². The molecule has 2 aromatic rings. The van der Waals surface area contributed by atoms with Gasteiger partial charge >= 0.3 is 0 Å². The monoisotopic (exact) mass is 391 g/mol. The Bertz CT molecular complexity index is 947. The first-order valence-electron chi connectivity index (χ1n) is 10.4. The van der Waals surface area contributed by atoms with Crippen molar-refractivity contribution in [2.45, 2.75) is 51.5 Å². The lowest BCUT2D eigenvalue weighted by Crippen LogP contribution is -2.33. The standard InChI is InChI=1S/C22H25N5O2/c23-15-16-8-10-17(11-9-16)24-21(28)20-25-19(18-7-3-6-14-27(18)20)22(29)26-12-4-1-2-5-13-26/h8-11H,1-7,12-14H2,(H,24,28). The molecule has 1 saturated heterocycles. The summed E-state index contributed by atoms with van der Waals surface area (Å²) in [5, 5.41) is 11.8. The molecule has 0 bridgehead atoms. The fraction of sp³-hybridized carbons (Fsp3) is 0.455. The van der Waals surface area contributed by atoms with Crippen LogP contribution < -0.4 is 5.32 Å². The number of hydrogen-bond donors (Lipinski definition) is 1. The van der Waals surface area contributed by atoms with Crippen LogP contribution in [0.2, 0.25) is 0 Å². The maximum Gasteiger partial charge on any atom is 0.291 e. The number of likely N-dealkylation sites (tertiary alicyclic amines) is 1. The zero-order chi connectivity index (χ0) is 20.2. The van der Waals surface area contributed by atoms with Crippen LogP contribution in [0.25, 0.3) is 0 Å². The van der Waals surface area contributed by atoms with Crippen molar-refractivity contribution in [3.05, 3.63) is 47.0 Å². The summed E-state index contributed by atoms with van der Waals surface area (Å²) in [5.74, 6) is -0.0787. The van der Waals surface area contributed by atoms with E-state index < -0.39 is 0 Å². The number of hydrogen-bond acceptors (Lipinski definition) is 4. The van der Waals surface area contributed by atoms with Crippen LogP contribution in [-0.4, -0.2) is 39.4 Å². The van der Waals surface area contributed by atoms with Gasteiger partial charge in [0.1, 0.15) is 5.69 Å². The normalized spacial score (nSPS) is 16.4. The van der Waals surface area contributed by atoms with Crippen molar-refractivity contribution in [2.75, 3.05) is 18.4 Å². The number of nitriles is 1. The van der Waals surface area contributed by atoms with Gasteiger partial charge in [-0.2, -0.15) is 5.26 Å². The van der Waals surface area contributed by atoms with Gasteiger partial charge in [0, 0.05) is 25.3 Å². The Morgan fingerprint density at radius 2 is 1.66 bits per heavy atom. The molecule has 2 aliphatic heterocycles. The Morgan fingerprint density at radius 3 is 2.34 bits per heavy atom. The second-order valence-electron chi connectivity index (χ2n) is 7.69. The Morgan fingerprint density at radius 1 is 0.966 bits per heavy atom. The van der Waals surface area contributed by atoms with Crippen LogP contribution in [0.3, 0.4) is 0 Å². The molecule has 1 fully saturated rings. The number of fused-ring (bicyclic) bond motifs is 1. The fourth-order valence-corrected chi connectivity index (χ4v) is 4.13. The molecule has 0 atom stereocenters. The van der Waals surface area contributed by atoms with Crippen LogP contribution in [0, 0.1) is 11.3 Å². The molecule has 0 unspecified atom stereocenters. The summed E-state index contributed by atoms with van der Waals surface area (Å²) in [6.07, 6.45) is 7.10. The minimum Gasteiger partial charge on any atom is -0.337 e. The SMILES string of the molecule is N#Cc1ccc(NC(=O)c2nc(C(=O)N3CCCCCC3)c3n2CCCC3)cc1. The molecule has 0 saturated carbocycles. The average molecular weight is 391 g/mol. The third-order valence-corrected chi connectivity index (χ3v) is 5.69. The summed E-state index contributed by atoms with van der Waals surface area (Å²) in [6, 6.07) is 8.76. The highest BCUT2D eigenvalue weighted by Crippen LogP contribution is 2.24. The fourth-order valence-electron chi connectivity index (χ4n) is 4.13. The zero-order valence-corrected chi connectivity index (χ0v) is 16.5. The summed E-state index contributed by atoms with van der Waals surface area (Å²) in [6.45, 7) is 2.22. The number of nitrogens with zero attached hydrogens (tertiary/aromatic N) is 4. The van der Waals surface area contributed by atoms with Gasteiger partial charge in [-0.05, 0) is 56.4 Å². The van der Waals surface area contributed by atoms with Crippen LogP contribution in [-0.2, 0) is 13.0 Å². The van der Waals surface area contributed by atoms with Gasteiger partial charge in [0.2, 0.25) is 0 Å². The Kier molecular flexibility index (Phi) is 5.61. The minimum atomic E-state index is -0.326. The highest BCUT2D eigenvalue weighted by Gasteiger charge is 2.30. The minimum absolute atomic E-state index is 0.0463. The van der Waals surface area contributed by atoms with E-state index in [9.17, 15) is 9.59 Å². The number of carbonyl (C=O) groups excluding carboxylic acids is 2. The molecule has 1 aromatic heterocycles. The summed E-state index contributed by atoms with van der Waals surface area (Å²) < 4.78 is 1.91. The summed E-state index contributed by atoms with van der Waals surface area (Å²) in [4.78, 5) is 32.5. The highest BCUT2D eigenvalue weighted by atomic mass is 16.2. The van der Waals surface area contributed by atoms with Gasteiger partial charge in [-0.15, -0.1) is 0 Å². The van der Waals surface area contributed by atoms with Crippen molar-refractivity contribution < 1.29 is 9.59 Å². The maximum absolute atomic E-state index is 13.2. The molecule has 1 aromatic carbocycles. The molecular formula is C22H25N5O2. The summed E-state index contributed by atoms with van der Waals surface area (Å²) in [7, 11) is 0. The van der Waals surface area contributed by atoms with Crippen LogP contribution in [0.4, 0.5) is 5.69 Å². The van der Waals surface area contributed by atoms with Crippen molar-refractivity contribution in [1.29, 1.82) is 5.26 Å². The smallest absolute Gasteiger partial charge is 0.291 e. The lowest BCUT2D eigenvalue weighted by Gasteiger charge is -2.21. The predicted molar refractivity (Wildman–Crippen MR) is 109 cm³/mol. The van der Waals surface area contributed by atoms with Gasteiger partial charge in [0.05, 0.1) is 17.3 Å². The van der Waals surface area contributed by atoms with Crippen LogP contribution in [0.15, 0.2) is 24.3 Å². The highest BCUT2D eigenvalue weighted by molar-refractivity contribution is 6.03. The first-order chi connectivity index (χ1) is 14.2. The molecule has 4 rings (SSSR count). The number of carbonyl (C=O) groups is 2. The Hall–Kier alpha value is -3.14. The summed E-state index contributed by atoms with van der Waals surface area (Å²) >= 11 is 0. The second-order valence-corrected chi connectivity index (χ2v) is 7.69. The summed E-state index contributed by atoms with van der Waals surface area (Å²) in [5.41, 5.74) is 2.46. The van der Waals surface area contributed by atoms with Gasteiger partial charge in [0.25, 0.3) is 11.8 Å². The van der Waals surface area contributed by atoms with E-state index in [4.69, 9.17) is 5.26 Å². The number of nitrogens with one attached hydrogen (secondary N) is 1. The first-order valence-corrected chi connectivity index (χ1v) is 10.4. The molecule has 3 heterocycles. The average Bonchev–Trinajstić information content (AvgIpc) is 2.93. The predicted octanol–water partition coefficient (Wildman–Crippen LogP) is 3.36. The molecule has 2 amide bonds. The van der Waals surface area contributed by atoms with Gasteiger partial charge in [0.15, 0.2) is 5.82 Å². The zero-order valence-electron chi connectivity index (χ0n) is 16.5. The van der Waals surface area contributed by atoms with Gasteiger partial charge in [-0.25, -0.2) is 4.98 Å². The number of rotatable bonds is 3. The van der Waals surface area contributed by atoms with Crippen LogP contribution >= 0.6 is 0 Å². The molecule has 1 N–H and O–H groups in total. The number of amides is 2. The third kappa shape index (κ3) is 4.02. The number of benzene rings is 1. The Balaban J connectivity index is 1.60.